The van der Waals surface area contributed by atoms with E-state index in [2.05, 4.69) is 28.0 Å². The van der Waals surface area contributed by atoms with Crippen molar-refractivity contribution in [2.24, 2.45) is 5.73 Å². The van der Waals surface area contributed by atoms with Crippen LogP contribution in [0.5, 0.6) is 0 Å². The molecule has 0 aliphatic carbocycles. The Morgan fingerprint density at radius 1 is 1.40 bits per heavy atom. The molecule has 0 saturated heterocycles. The average molecular weight is 336 g/mol. The van der Waals surface area contributed by atoms with Crippen molar-refractivity contribution in [1.29, 1.82) is 0 Å². The molecule has 1 atom stereocenters. The van der Waals surface area contributed by atoms with Crippen LogP contribution in [-0.2, 0) is 6.54 Å². The highest BCUT2D eigenvalue weighted by Gasteiger charge is 2.20. The van der Waals surface area contributed by atoms with Crippen molar-refractivity contribution in [2.45, 2.75) is 32.4 Å². The molecule has 1 aromatic carbocycles. The minimum atomic E-state index is -0.291. The Bertz CT molecular complexity index is 580. The summed E-state index contributed by atoms with van der Waals surface area (Å²) in [6.45, 7) is 2.78. The fraction of sp³-hybridized carbons (Fsp3) is 0.333. The molecule has 0 fully saturated rings. The average Bonchev–Trinajstić information content (AvgIpc) is 2.81. The largest absolute Gasteiger partial charge is 0.324 e. The second-order valence-corrected chi connectivity index (χ2v) is 5.56. The molecule has 0 amide bonds. The van der Waals surface area contributed by atoms with E-state index in [0.717, 1.165) is 23.0 Å². The summed E-state index contributed by atoms with van der Waals surface area (Å²) in [7, 11) is 0. The summed E-state index contributed by atoms with van der Waals surface area (Å²) in [6.07, 6.45) is 2.87. The number of hydrogen-bond acceptors (Lipinski definition) is 3. The number of ketones is 1. The number of halogens is 1. The van der Waals surface area contributed by atoms with E-state index >= 15 is 0 Å². The molecule has 2 aromatic rings. The zero-order valence-corrected chi connectivity index (χ0v) is 13.0. The molecule has 0 spiro atoms. The number of nitrogens with two attached hydrogens (primary N) is 1. The molecule has 4 nitrogen and oxygen atoms in total. The zero-order chi connectivity index (χ0) is 14.5. The van der Waals surface area contributed by atoms with Crippen molar-refractivity contribution < 1.29 is 4.79 Å². The number of carbonyl (C=O) groups is 1. The first-order valence-electron chi connectivity index (χ1n) is 6.68. The highest BCUT2D eigenvalue weighted by molar-refractivity contribution is 9.10. The number of benzene rings is 1. The zero-order valence-electron chi connectivity index (χ0n) is 11.4. The minimum Gasteiger partial charge on any atom is -0.324 e. The van der Waals surface area contributed by atoms with Crippen molar-refractivity contribution in [3.05, 3.63) is 52.3 Å². The first kappa shape index (κ1) is 14.9. The van der Waals surface area contributed by atoms with Crippen LogP contribution in [0, 0.1) is 0 Å². The van der Waals surface area contributed by atoms with Crippen LogP contribution in [-0.4, -0.2) is 15.6 Å². The summed E-state index contributed by atoms with van der Waals surface area (Å²) in [5.41, 5.74) is 7.69. The number of rotatable bonds is 6. The molecule has 2 rings (SSSR count). The van der Waals surface area contributed by atoms with Crippen LogP contribution < -0.4 is 5.73 Å². The third-order valence-electron chi connectivity index (χ3n) is 3.13. The van der Waals surface area contributed by atoms with E-state index in [1.54, 1.807) is 10.9 Å². The van der Waals surface area contributed by atoms with Gasteiger partial charge in [-0.1, -0.05) is 37.3 Å². The maximum absolute atomic E-state index is 12.4. The van der Waals surface area contributed by atoms with Crippen LogP contribution in [0.2, 0.25) is 0 Å². The molecule has 2 N–H and O–H groups in total. The number of hydrogen-bond donors (Lipinski definition) is 1. The van der Waals surface area contributed by atoms with E-state index in [0.29, 0.717) is 5.69 Å². The number of nitrogens with zero attached hydrogens (tertiary/aromatic N) is 2. The van der Waals surface area contributed by atoms with Gasteiger partial charge in [0.1, 0.15) is 5.69 Å². The summed E-state index contributed by atoms with van der Waals surface area (Å²) in [4.78, 5) is 12.4. The Hall–Kier alpha value is -1.46. The summed E-state index contributed by atoms with van der Waals surface area (Å²) < 4.78 is 2.47. The highest BCUT2D eigenvalue weighted by atomic mass is 79.9. The van der Waals surface area contributed by atoms with E-state index in [-0.39, 0.29) is 18.2 Å². The van der Waals surface area contributed by atoms with Gasteiger partial charge in [0, 0.05) is 19.0 Å². The smallest absolute Gasteiger partial charge is 0.183 e. The van der Waals surface area contributed by atoms with Gasteiger partial charge >= 0.3 is 0 Å². The fourth-order valence-corrected chi connectivity index (χ4v) is 2.65. The Morgan fingerprint density at radius 3 is 2.75 bits per heavy atom. The van der Waals surface area contributed by atoms with E-state index in [4.69, 9.17) is 5.73 Å². The predicted molar refractivity (Wildman–Crippen MR) is 82.5 cm³/mol. The Labute approximate surface area is 127 Å². The molecular formula is C15H18BrN3O. The molecule has 106 valence electrons. The van der Waals surface area contributed by atoms with Gasteiger partial charge in [0.2, 0.25) is 0 Å². The second kappa shape index (κ2) is 6.81. The summed E-state index contributed by atoms with van der Waals surface area (Å²) >= 11 is 3.39. The van der Waals surface area contributed by atoms with Gasteiger partial charge in [-0.05, 0) is 27.9 Å². The van der Waals surface area contributed by atoms with Crippen LogP contribution in [0.15, 0.2) is 41.0 Å². The van der Waals surface area contributed by atoms with Crippen LogP contribution in [0.1, 0.15) is 41.9 Å². The lowest BCUT2D eigenvalue weighted by molar-refractivity contribution is 0.0963. The third kappa shape index (κ3) is 3.35. The molecule has 0 saturated carbocycles. The number of aryl methyl sites for hydroxylation is 1. The van der Waals surface area contributed by atoms with Crippen molar-refractivity contribution in [3.8, 4) is 0 Å². The first-order chi connectivity index (χ1) is 9.63. The molecule has 5 heteroatoms. The maximum Gasteiger partial charge on any atom is 0.183 e. The SMILES string of the molecule is CCCn1ncc(Br)c1C(=O)CC(N)c1ccccc1. The maximum atomic E-state index is 12.4. The molecule has 0 radical (unpaired) electrons. The number of carbonyl (C=O) groups excluding carboxylic acids is 1. The highest BCUT2D eigenvalue weighted by Crippen LogP contribution is 2.22. The number of Topliss-reactive ketones (excluding diaryl/α,β-unsaturated/α-hetero) is 1. The molecule has 0 aliphatic rings. The molecular weight excluding hydrogens is 318 g/mol. The number of aromatic nitrogens is 2. The lowest BCUT2D eigenvalue weighted by Crippen LogP contribution is -2.18. The molecule has 0 aliphatic heterocycles. The van der Waals surface area contributed by atoms with Crippen LogP contribution in [0.4, 0.5) is 0 Å². The monoisotopic (exact) mass is 335 g/mol. The molecule has 1 aromatic heterocycles. The van der Waals surface area contributed by atoms with Gasteiger partial charge in [-0.3, -0.25) is 9.48 Å². The normalized spacial score (nSPS) is 12.3. The molecule has 1 unspecified atom stereocenters. The Morgan fingerprint density at radius 2 is 2.10 bits per heavy atom. The third-order valence-corrected chi connectivity index (χ3v) is 3.71. The second-order valence-electron chi connectivity index (χ2n) is 4.71. The van der Waals surface area contributed by atoms with Crippen molar-refractivity contribution in [3.63, 3.8) is 0 Å². The summed E-state index contributed by atoms with van der Waals surface area (Å²) in [5, 5.41) is 4.21. The predicted octanol–water partition coefficient (Wildman–Crippen LogP) is 3.33. The Kier molecular flexibility index (Phi) is 5.09. The van der Waals surface area contributed by atoms with E-state index in [1.807, 2.05) is 30.3 Å². The quantitative estimate of drug-likeness (QED) is 0.823. The minimum absolute atomic E-state index is 0.0131. The standard InChI is InChI=1S/C15H18BrN3O/c1-2-8-19-15(12(16)10-18-19)14(20)9-13(17)11-6-4-3-5-7-11/h3-7,10,13H,2,8-9,17H2,1H3. The van der Waals surface area contributed by atoms with Gasteiger partial charge < -0.3 is 5.73 Å². The summed E-state index contributed by atoms with van der Waals surface area (Å²) in [5.74, 6) is 0.0131. The van der Waals surface area contributed by atoms with Gasteiger partial charge in [0.15, 0.2) is 5.78 Å². The van der Waals surface area contributed by atoms with Gasteiger partial charge in [-0.15, -0.1) is 0 Å². The van der Waals surface area contributed by atoms with Crippen LogP contribution >= 0.6 is 15.9 Å². The topological polar surface area (TPSA) is 60.9 Å². The lowest BCUT2D eigenvalue weighted by Gasteiger charge is -2.12. The van der Waals surface area contributed by atoms with E-state index < -0.39 is 0 Å². The van der Waals surface area contributed by atoms with Crippen LogP contribution in [0.25, 0.3) is 0 Å². The van der Waals surface area contributed by atoms with Gasteiger partial charge in [0.05, 0.1) is 10.7 Å². The van der Waals surface area contributed by atoms with Crippen molar-refractivity contribution in [1.82, 2.24) is 9.78 Å². The fourth-order valence-electron chi connectivity index (χ4n) is 2.14. The van der Waals surface area contributed by atoms with Gasteiger partial charge in [-0.2, -0.15) is 5.10 Å². The Balaban J connectivity index is 2.14. The lowest BCUT2D eigenvalue weighted by atomic mass is 10.0. The van der Waals surface area contributed by atoms with Gasteiger partial charge in [0.25, 0.3) is 0 Å². The van der Waals surface area contributed by atoms with Crippen molar-refractivity contribution >= 4 is 21.7 Å². The van der Waals surface area contributed by atoms with E-state index in [1.165, 1.54) is 0 Å². The first-order valence-corrected chi connectivity index (χ1v) is 7.47. The molecule has 20 heavy (non-hydrogen) atoms. The van der Waals surface area contributed by atoms with E-state index in [9.17, 15) is 4.79 Å². The van der Waals surface area contributed by atoms with Crippen LogP contribution in [0.3, 0.4) is 0 Å². The van der Waals surface area contributed by atoms with Gasteiger partial charge in [-0.25, -0.2) is 0 Å². The summed E-state index contributed by atoms with van der Waals surface area (Å²) in [6, 6.07) is 9.38. The van der Waals surface area contributed by atoms with Crippen molar-refractivity contribution in [2.75, 3.05) is 0 Å². The molecule has 1 heterocycles. The molecule has 0 bridgehead atoms.